The van der Waals surface area contributed by atoms with Crippen LogP contribution in [0.3, 0.4) is 0 Å². The van der Waals surface area contributed by atoms with Gasteiger partial charge in [-0.15, -0.1) is 0 Å². The molecule has 1 aliphatic carbocycles. The van der Waals surface area contributed by atoms with Gasteiger partial charge in [-0.1, -0.05) is 19.3 Å². The summed E-state index contributed by atoms with van der Waals surface area (Å²) in [5.41, 5.74) is 1.19. The van der Waals surface area contributed by atoms with Crippen molar-refractivity contribution in [2.24, 2.45) is 0 Å². The van der Waals surface area contributed by atoms with Crippen LogP contribution in [0.25, 0.3) is 0 Å². The molecule has 1 aromatic rings. The van der Waals surface area contributed by atoms with Crippen LogP contribution in [0, 0.1) is 0 Å². The molecule has 21 heavy (non-hydrogen) atoms. The average molecular weight is 308 g/mol. The largest absolute Gasteiger partial charge is 0.310 e. The molecule has 1 aliphatic heterocycles. The van der Waals surface area contributed by atoms with E-state index in [-0.39, 0.29) is 0 Å². The van der Waals surface area contributed by atoms with Crippen molar-refractivity contribution in [1.29, 1.82) is 0 Å². The minimum absolute atomic E-state index is 0.651. The van der Waals surface area contributed by atoms with Crippen LogP contribution in [-0.4, -0.2) is 52.4 Å². The highest BCUT2D eigenvalue weighted by Gasteiger charge is 2.16. The molecule has 0 radical (unpaired) electrons. The Hall–Kier alpha value is -0.520. The van der Waals surface area contributed by atoms with E-state index in [9.17, 15) is 0 Å². The summed E-state index contributed by atoms with van der Waals surface area (Å²) in [4.78, 5) is 2.56. The van der Waals surface area contributed by atoms with Crippen molar-refractivity contribution in [3.63, 3.8) is 0 Å². The van der Waals surface area contributed by atoms with Crippen molar-refractivity contribution in [2.45, 2.75) is 44.7 Å². The van der Waals surface area contributed by atoms with E-state index < -0.39 is 0 Å². The summed E-state index contributed by atoms with van der Waals surface area (Å²) in [6.45, 7) is 5.65. The van der Waals surface area contributed by atoms with Gasteiger partial charge in [-0.05, 0) is 18.9 Å². The SMILES string of the molecule is c1cn(C2CCCCC2)nc1CNCCN1CCSCC1. The van der Waals surface area contributed by atoms with Crippen molar-refractivity contribution in [1.82, 2.24) is 20.0 Å². The first kappa shape index (κ1) is 15.4. The third kappa shape index (κ3) is 4.73. The lowest BCUT2D eigenvalue weighted by atomic mass is 9.96. The van der Waals surface area contributed by atoms with Gasteiger partial charge in [-0.25, -0.2) is 0 Å². The summed E-state index contributed by atoms with van der Waals surface area (Å²) in [5.74, 6) is 2.59. The second kappa shape index (κ2) is 8.20. The standard InChI is InChI=1S/C16H28N4S/c1-2-4-16(5-3-1)20-8-6-15(18-20)14-17-7-9-19-10-12-21-13-11-19/h6,8,16-17H,1-5,7,9-14H2. The van der Waals surface area contributed by atoms with Crippen molar-refractivity contribution in [3.05, 3.63) is 18.0 Å². The molecule has 0 spiro atoms. The number of thioether (sulfide) groups is 1. The quantitative estimate of drug-likeness (QED) is 0.819. The van der Waals surface area contributed by atoms with E-state index in [0.717, 1.165) is 13.1 Å². The van der Waals surface area contributed by atoms with Gasteiger partial charge in [0.15, 0.2) is 0 Å². The van der Waals surface area contributed by atoms with Crippen LogP contribution < -0.4 is 5.32 Å². The van der Waals surface area contributed by atoms with Crippen LogP contribution in [0.2, 0.25) is 0 Å². The minimum atomic E-state index is 0.651. The second-order valence-electron chi connectivity index (χ2n) is 6.21. The Labute approximate surface area is 132 Å². The highest BCUT2D eigenvalue weighted by atomic mass is 32.2. The van der Waals surface area contributed by atoms with Gasteiger partial charge >= 0.3 is 0 Å². The van der Waals surface area contributed by atoms with Gasteiger partial charge in [0.2, 0.25) is 0 Å². The van der Waals surface area contributed by atoms with E-state index in [0.29, 0.717) is 6.04 Å². The highest BCUT2D eigenvalue weighted by Crippen LogP contribution is 2.27. The van der Waals surface area contributed by atoms with E-state index >= 15 is 0 Å². The van der Waals surface area contributed by atoms with Crippen molar-refractivity contribution in [2.75, 3.05) is 37.7 Å². The summed E-state index contributed by atoms with van der Waals surface area (Å²) in [5, 5.41) is 8.30. The maximum atomic E-state index is 4.76. The predicted octanol–water partition coefficient (Wildman–Crippen LogP) is 2.53. The van der Waals surface area contributed by atoms with Gasteiger partial charge in [0.1, 0.15) is 0 Å². The molecular formula is C16H28N4S. The number of rotatable bonds is 6. The van der Waals surface area contributed by atoms with Gasteiger partial charge in [-0.3, -0.25) is 4.68 Å². The third-order valence-electron chi connectivity index (χ3n) is 4.63. The summed E-state index contributed by atoms with van der Waals surface area (Å²) < 4.78 is 2.21. The van der Waals surface area contributed by atoms with E-state index in [2.05, 4.69) is 38.9 Å². The van der Waals surface area contributed by atoms with E-state index in [1.165, 1.54) is 68.9 Å². The average Bonchev–Trinajstić information content (AvgIpc) is 3.02. The molecule has 0 bridgehead atoms. The fraction of sp³-hybridized carbons (Fsp3) is 0.812. The Morgan fingerprint density at radius 3 is 2.81 bits per heavy atom. The molecule has 2 fully saturated rings. The molecule has 1 N–H and O–H groups in total. The summed E-state index contributed by atoms with van der Waals surface area (Å²) in [6.07, 6.45) is 8.93. The maximum Gasteiger partial charge on any atom is 0.0762 e. The molecule has 1 saturated carbocycles. The number of hydrogen-bond acceptors (Lipinski definition) is 4. The topological polar surface area (TPSA) is 33.1 Å². The van der Waals surface area contributed by atoms with Gasteiger partial charge < -0.3 is 10.2 Å². The molecule has 0 aromatic carbocycles. The summed E-state index contributed by atoms with van der Waals surface area (Å²) in [6, 6.07) is 2.83. The Kier molecular flexibility index (Phi) is 6.01. The second-order valence-corrected chi connectivity index (χ2v) is 7.43. The Bertz CT molecular complexity index is 408. The number of nitrogens with one attached hydrogen (secondary N) is 1. The van der Waals surface area contributed by atoms with Gasteiger partial charge in [0, 0.05) is 50.4 Å². The van der Waals surface area contributed by atoms with Crippen LogP contribution in [0.15, 0.2) is 12.3 Å². The van der Waals surface area contributed by atoms with Crippen LogP contribution >= 0.6 is 11.8 Å². The van der Waals surface area contributed by atoms with Crippen molar-refractivity contribution >= 4 is 11.8 Å². The van der Waals surface area contributed by atoms with Crippen LogP contribution in [0.4, 0.5) is 0 Å². The predicted molar refractivity (Wildman–Crippen MR) is 89.8 cm³/mol. The van der Waals surface area contributed by atoms with Gasteiger partial charge in [0.05, 0.1) is 11.7 Å². The van der Waals surface area contributed by atoms with E-state index in [4.69, 9.17) is 5.10 Å². The van der Waals surface area contributed by atoms with Crippen LogP contribution in [0.5, 0.6) is 0 Å². The first-order chi connectivity index (χ1) is 10.4. The fourth-order valence-electron chi connectivity index (χ4n) is 3.30. The van der Waals surface area contributed by atoms with Crippen molar-refractivity contribution < 1.29 is 0 Å². The molecule has 0 amide bonds. The lowest BCUT2D eigenvalue weighted by Crippen LogP contribution is -2.37. The molecule has 118 valence electrons. The Balaban J connectivity index is 1.36. The molecule has 1 aromatic heterocycles. The molecule has 2 heterocycles. The first-order valence-electron chi connectivity index (χ1n) is 8.47. The normalized spacial score (nSPS) is 21.7. The van der Waals surface area contributed by atoms with Crippen LogP contribution in [-0.2, 0) is 6.54 Å². The molecule has 4 nitrogen and oxygen atoms in total. The molecule has 2 aliphatic rings. The van der Waals surface area contributed by atoms with Gasteiger partial charge in [-0.2, -0.15) is 16.9 Å². The van der Waals surface area contributed by atoms with Crippen LogP contribution in [0.1, 0.15) is 43.8 Å². The molecule has 1 saturated heterocycles. The molecule has 5 heteroatoms. The minimum Gasteiger partial charge on any atom is -0.310 e. The molecule has 0 atom stereocenters. The molecule has 3 rings (SSSR count). The summed E-state index contributed by atoms with van der Waals surface area (Å²) in [7, 11) is 0. The fourth-order valence-corrected chi connectivity index (χ4v) is 4.28. The first-order valence-corrected chi connectivity index (χ1v) is 9.62. The lowest BCUT2D eigenvalue weighted by molar-refractivity contribution is 0.300. The Morgan fingerprint density at radius 1 is 1.19 bits per heavy atom. The molecule has 0 unspecified atom stereocenters. The zero-order valence-corrected chi connectivity index (χ0v) is 13.8. The Morgan fingerprint density at radius 2 is 2.00 bits per heavy atom. The van der Waals surface area contributed by atoms with Crippen molar-refractivity contribution in [3.8, 4) is 0 Å². The molecular weight excluding hydrogens is 280 g/mol. The zero-order valence-electron chi connectivity index (χ0n) is 13.0. The van der Waals surface area contributed by atoms with E-state index in [1.54, 1.807) is 0 Å². The summed E-state index contributed by atoms with van der Waals surface area (Å²) >= 11 is 2.08. The lowest BCUT2D eigenvalue weighted by Gasteiger charge is -2.26. The third-order valence-corrected chi connectivity index (χ3v) is 5.57. The number of aromatic nitrogens is 2. The maximum absolute atomic E-state index is 4.76. The number of hydrogen-bond donors (Lipinski definition) is 1. The highest BCUT2D eigenvalue weighted by molar-refractivity contribution is 7.99. The zero-order chi connectivity index (χ0) is 14.3. The van der Waals surface area contributed by atoms with Gasteiger partial charge in [0.25, 0.3) is 0 Å². The monoisotopic (exact) mass is 308 g/mol. The smallest absolute Gasteiger partial charge is 0.0762 e. The number of nitrogens with zero attached hydrogens (tertiary/aromatic N) is 3. The van der Waals surface area contributed by atoms with E-state index in [1.807, 2.05) is 0 Å².